The van der Waals surface area contributed by atoms with Gasteiger partial charge in [0.25, 0.3) is 0 Å². The Morgan fingerprint density at radius 2 is 1.96 bits per heavy atom. The fourth-order valence-electron chi connectivity index (χ4n) is 2.33. The van der Waals surface area contributed by atoms with Crippen LogP contribution in [0.3, 0.4) is 0 Å². The van der Waals surface area contributed by atoms with Gasteiger partial charge in [0.05, 0.1) is 21.0 Å². The summed E-state index contributed by atoms with van der Waals surface area (Å²) in [6, 6.07) is 8.45. The highest BCUT2D eigenvalue weighted by Crippen LogP contribution is 2.28. The van der Waals surface area contributed by atoms with Crippen molar-refractivity contribution < 1.29 is 9.59 Å². The number of carbonyl (C=O) groups is 2. The lowest BCUT2D eigenvalue weighted by molar-refractivity contribution is -0.115. The molecule has 0 saturated carbocycles. The van der Waals surface area contributed by atoms with Gasteiger partial charge in [0.15, 0.2) is 16.6 Å². The second-order valence-corrected chi connectivity index (χ2v) is 7.69. The van der Waals surface area contributed by atoms with E-state index in [4.69, 9.17) is 23.2 Å². The molecule has 134 valence electrons. The third-order valence-corrected chi connectivity index (χ3v) is 5.15. The fraction of sp³-hybridized carbons (Fsp3) is 0.176. The van der Waals surface area contributed by atoms with Gasteiger partial charge in [-0.25, -0.2) is 0 Å². The number of fused-ring (bicyclic) bond motifs is 1. The van der Waals surface area contributed by atoms with Crippen molar-refractivity contribution in [2.45, 2.75) is 24.3 Å². The van der Waals surface area contributed by atoms with E-state index in [9.17, 15) is 9.59 Å². The number of para-hydroxylation sites is 1. The Balaban J connectivity index is 1.80. The average Bonchev–Trinajstić information content (AvgIpc) is 2.98. The van der Waals surface area contributed by atoms with Gasteiger partial charge in [0.2, 0.25) is 5.91 Å². The van der Waals surface area contributed by atoms with Crippen molar-refractivity contribution in [3.05, 3.63) is 52.1 Å². The van der Waals surface area contributed by atoms with Gasteiger partial charge in [-0.1, -0.05) is 47.1 Å². The molecule has 0 bridgehead atoms. The van der Waals surface area contributed by atoms with Crippen molar-refractivity contribution in [2.75, 3.05) is 5.32 Å². The maximum absolute atomic E-state index is 12.5. The average molecular weight is 409 g/mol. The van der Waals surface area contributed by atoms with Crippen molar-refractivity contribution in [3.63, 3.8) is 0 Å². The topological polar surface area (TPSA) is 76.4 Å². The minimum Gasteiger partial charge on any atom is -0.324 e. The smallest absolute Gasteiger partial charge is 0.237 e. The van der Waals surface area contributed by atoms with E-state index in [1.165, 1.54) is 18.7 Å². The maximum Gasteiger partial charge on any atom is 0.237 e. The predicted molar refractivity (Wildman–Crippen MR) is 103 cm³/mol. The number of hydrogen-bond acceptors (Lipinski definition) is 5. The lowest BCUT2D eigenvalue weighted by Gasteiger charge is -2.13. The molecule has 2 aromatic heterocycles. The summed E-state index contributed by atoms with van der Waals surface area (Å²) >= 11 is 13.3. The van der Waals surface area contributed by atoms with Crippen LogP contribution in [0.25, 0.3) is 5.65 Å². The number of aromatic nitrogens is 3. The minimum absolute atomic E-state index is 0.117. The van der Waals surface area contributed by atoms with E-state index < -0.39 is 5.25 Å². The zero-order valence-electron chi connectivity index (χ0n) is 13.9. The molecule has 0 fully saturated rings. The molecule has 26 heavy (non-hydrogen) atoms. The quantitative estimate of drug-likeness (QED) is 0.501. The summed E-state index contributed by atoms with van der Waals surface area (Å²) in [5.74, 6) is -0.373. The van der Waals surface area contributed by atoms with E-state index in [1.807, 2.05) is 0 Å². The van der Waals surface area contributed by atoms with E-state index in [0.29, 0.717) is 32.1 Å². The number of Topliss-reactive ketones (excluding diaryl/α,β-unsaturated/α-hetero) is 1. The third kappa shape index (κ3) is 3.85. The Bertz CT molecular complexity index is 1010. The number of hydrogen-bond donors (Lipinski definition) is 1. The number of thioether (sulfide) groups is 1. The second kappa shape index (κ2) is 7.65. The lowest BCUT2D eigenvalue weighted by Crippen LogP contribution is -2.23. The SMILES string of the molecule is CC(=O)c1ccccc1NC(=O)[C@H](C)Sc1nnc2c(Cl)cc(Cl)cn12. The number of amides is 1. The van der Waals surface area contributed by atoms with Gasteiger partial charge >= 0.3 is 0 Å². The molecule has 0 aliphatic carbocycles. The van der Waals surface area contributed by atoms with Crippen molar-refractivity contribution >= 4 is 58.0 Å². The van der Waals surface area contributed by atoms with Gasteiger partial charge in [-0.15, -0.1) is 10.2 Å². The van der Waals surface area contributed by atoms with Crippen molar-refractivity contribution in [3.8, 4) is 0 Å². The molecule has 0 aliphatic rings. The molecule has 6 nitrogen and oxygen atoms in total. The van der Waals surface area contributed by atoms with Crippen molar-refractivity contribution in [1.29, 1.82) is 0 Å². The van der Waals surface area contributed by atoms with Crippen LogP contribution in [0.2, 0.25) is 10.0 Å². The summed E-state index contributed by atoms with van der Waals surface area (Å²) in [4.78, 5) is 24.2. The van der Waals surface area contributed by atoms with Crippen molar-refractivity contribution in [1.82, 2.24) is 14.6 Å². The van der Waals surface area contributed by atoms with Gasteiger partial charge in [0, 0.05) is 11.8 Å². The fourth-order valence-corrected chi connectivity index (χ4v) is 3.66. The molecule has 2 heterocycles. The van der Waals surface area contributed by atoms with Gasteiger partial charge in [0.1, 0.15) is 0 Å². The summed E-state index contributed by atoms with van der Waals surface area (Å²) in [5.41, 5.74) is 1.41. The summed E-state index contributed by atoms with van der Waals surface area (Å²) in [6.07, 6.45) is 1.64. The molecule has 0 spiro atoms. The summed E-state index contributed by atoms with van der Waals surface area (Å²) in [7, 11) is 0. The Kier molecular flexibility index (Phi) is 5.50. The van der Waals surface area contributed by atoms with Crippen LogP contribution in [-0.2, 0) is 4.79 Å². The number of nitrogens with zero attached hydrogens (tertiary/aromatic N) is 3. The molecule has 9 heteroatoms. The Hall–Kier alpha value is -2.09. The summed E-state index contributed by atoms with van der Waals surface area (Å²) < 4.78 is 1.64. The van der Waals surface area contributed by atoms with Gasteiger partial charge in [-0.2, -0.15) is 0 Å². The first-order valence-electron chi connectivity index (χ1n) is 7.64. The van der Waals surface area contributed by atoms with Crippen LogP contribution < -0.4 is 5.32 Å². The standard InChI is InChI=1S/C17H14Cl2N4O2S/c1-9(24)12-5-3-4-6-14(12)20-16(25)10(2)26-17-22-21-15-13(19)7-11(18)8-23(15)17/h3-8,10H,1-2H3,(H,20,25)/t10-/m0/s1. The largest absolute Gasteiger partial charge is 0.324 e. The van der Waals surface area contributed by atoms with Crippen LogP contribution in [0.15, 0.2) is 41.7 Å². The van der Waals surface area contributed by atoms with Crippen molar-refractivity contribution in [2.24, 2.45) is 0 Å². The molecule has 0 saturated heterocycles. The van der Waals surface area contributed by atoms with Crippen LogP contribution in [0.4, 0.5) is 5.69 Å². The van der Waals surface area contributed by atoms with E-state index >= 15 is 0 Å². The Morgan fingerprint density at radius 3 is 2.69 bits per heavy atom. The van der Waals surface area contributed by atoms with E-state index in [0.717, 1.165) is 0 Å². The number of anilines is 1. The molecule has 1 N–H and O–H groups in total. The number of benzene rings is 1. The van der Waals surface area contributed by atoms with E-state index in [1.54, 1.807) is 47.9 Å². The second-order valence-electron chi connectivity index (χ2n) is 5.53. The summed E-state index contributed by atoms with van der Waals surface area (Å²) in [5, 5.41) is 11.7. The van der Waals surface area contributed by atoms with Crippen LogP contribution in [-0.4, -0.2) is 31.5 Å². The number of nitrogens with one attached hydrogen (secondary N) is 1. The predicted octanol–water partition coefficient (Wildman–Crippen LogP) is 4.36. The normalized spacial score (nSPS) is 12.2. The zero-order valence-corrected chi connectivity index (χ0v) is 16.2. The monoisotopic (exact) mass is 408 g/mol. The first-order valence-corrected chi connectivity index (χ1v) is 9.27. The molecule has 0 aliphatic heterocycles. The number of halogens is 2. The van der Waals surface area contributed by atoms with Crippen LogP contribution in [0, 0.1) is 0 Å². The molecular weight excluding hydrogens is 395 g/mol. The molecule has 3 rings (SSSR count). The first kappa shape index (κ1) is 18.7. The van der Waals surface area contributed by atoms with Crippen LogP contribution in [0.5, 0.6) is 0 Å². The highest BCUT2D eigenvalue weighted by atomic mass is 35.5. The minimum atomic E-state index is -0.486. The lowest BCUT2D eigenvalue weighted by atomic mass is 10.1. The Labute approximate surface area is 163 Å². The highest BCUT2D eigenvalue weighted by Gasteiger charge is 2.20. The number of rotatable bonds is 5. The number of pyridine rings is 1. The van der Waals surface area contributed by atoms with Gasteiger partial charge in [-0.3, -0.25) is 14.0 Å². The molecule has 3 aromatic rings. The molecule has 1 amide bonds. The number of carbonyl (C=O) groups excluding carboxylic acids is 2. The highest BCUT2D eigenvalue weighted by molar-refractivity contribution is 8.00. The van der Waals surface area contributed by atoms with Crippen LogP contribution >= 0.6 is 35.0 Å². The maximum atomic E-state index is 12.5. The first-order chi connectivity index (χ1) is 12.4. The van der Waals surface area contributed by atoms with Gasteiger partial charge in [-0.05, 0) is 32.0 Å². The molecule has 0 unspecified atom stereocenters. The van der Waals surface area contributed by atoms with Gasteiger partial charge < -0.3 is 5.32 Å². The molecule has 1 aromatic carbocycles. The van der Waals surface area contributed by atoms with E-state index in [2.05, 4.69) is 15.5 Å². The van der Waals surface area contributed by atoms with Crippen LogP contribution in [0.1, 0.15) is 24.2 Å². The summed E-state index contributed by atoms with van der Waals surface area (Å²) in [6.45, 7) is 3.20. The number of ketones is 1. The molecule has 1 atom stereocenters. The zero-order chi connectivity index (χ0) is 18.8. The van der Waals surface area contributed by atoms with E-state index in [-0.39, 0.29) is 11.7 Å². The molecule has 0 radical (unpaired) electrons. The Morgan fingerprint density at radius 1 is 1.23 bits per heavy atom. The molecular formula is C17H14Cl2N4O2S. The third-order valence-electron chi connectivity index (χ3n) is 3.61.